The molecule has 0 aromatic heterocycles. The number of nitrogens with one attached hydrogen (secondary N) is 3. The molecule has 1 fully saturated rings. The van der Waals surface area contributed by atoms with Gasteiger partial charge in [0.25, 0.3) is 0 Å². The zero-order valence-electron chi connectivity index (χ0n) is 16.7. The van der Waals surface area contributed by atoms with Crippen molar-refractivity contribution >= 4 is 16.0 Å². The summed E-state index contributed by atoms with van der Waals surface area (Å²) in [6, 6.07) is 14.3. The van der Waals surface area contributed by atoms with E-state index in [9.17, 15) is 12.8 Å². The Labute approximate surface area is 171 Å². The number of hydrogen-bond donors (Lipinski definition) is 3. The number of halogens is 1. The van der Waals surface area contributed by atoms with Crippen LogP contribution < -0.4 is 15.4 Å². The lowest BCUT2D eigenvalue weighted by atomic mass is 9.95. The Morgan fingerprint density at radius 3 is 2.48 bits per heavy atom. The van der Waals surface area contributed by atoms with E-state index in [4.69, 9.17) is 0 Å². The first-order valence-electron chi connectivity index (χ1n) is 9.56. The highest BCUT2D eigenvalue weighted by Crippen LogP contribution is 2.48. The molecule has 0 aliphatic heterocycles. The number of aliphatic imine (C=N–C) groups is 1. The Morgan fingerprint density at radius 2 is 1.83 bits per heavy atom. The highest BCUT2D eigenvalue weighted by molar-refractivity contribution is 7.88. The van der Waals surface area contributed by atoms with Crippen molar-refractivity contribution < 1.29 is 12.8 Å². The van der Waals surface area contributed by atoms with Gasteiger partial charge in [-0.15, -0.1) is 0 Å². The summed E-state index contributed by atoms with van der Waals surface area (Å²) in [5.41, 5.74) is 2.25. The quantitative estimate of drug-likeness (QED) is 0.454. The molecule has 29 heavy (non-hydrogen) atoms. The van der Waals surface area contributed by atoms with Crippen molar-refractivity contribution in [3.8, 4) is 0 Å². The Bertz CT molecular complexity index is 988. The lowest BCUT2D eigenvalue weighted by Gasteiger charge is -2.19. The lowest BCUT2D eigenvalue weighted by molar-refractivity contribution is 0.559. The summed E-state index contributed by atoms with van der Waals surface area (Å²) >= 11 is 0. The van der Waals surface area contributed by atoms with Crippen molar-refractivity contribution in [1.82, 2.24) is 15.4 Å². The maximum atomic E-state index is 14.2. The molecule has 3 N–H and O–H groups in total. The normalized spacial score (nSPS) is 15.8. The molecule has 1 aliphatic rings. The van der Waals surface area contributed by atoms with Gasteiger partial charge in [0.1, 0.15) is 5.82 Å². The second-order valence-electron chi connectivity index (χ2n) is 7.32. The minimum atomic E-state index is -3.31. The van der Waals surface area contributed by atoms with Crippen LogP contribution in [-0.4, -0.2) is 35.0 Å². The molecule has 3 rings (SSSR count). The third-order valence-corrected chi connectivity index (χ3v) is 6.57. The van der Waals surface area contributed by atoms with Gasteiger partial charge in [-0.3, -0.25) is 4.99 Å². The fourth-order valence-corrected chi connectivity index (χ4v) is 4.13. The van der Waals surface area contributed by atoms with Gasteiger partial charge in [0.05, 0.1) is 5.75 Å². The van der Waals surface area contributed by atoms with E-state index in [0.29, 0.717) is 19.0 Å². The van der Waals surface area contributed by atoms with Crippen molar-refractivity contribution in [1.29, 1.82) is 0 Å². The van der Waals surface area contributed by atoms with E-state index in [2.05, 4.69) is 20.3 Å². The fraction of sp³-hybridized carbons (Fsp3) is 0.381. The Hall–Kier alpha value is -2.45. The molecule has 1 aliphatic carbocycles. The maximum Gasteiger partial charge on any atom is 0.215 e. The maximum absolute atomic E-state index is 14.2. The van der Waals surface area contributed by atoms with E-state index in [0.717, 1.165) is 29.5 Å². The second kappa shape index (κ2) is 8.92. The second-order valence-corrected chi connectivity index (χ2v) is 9.25. The van der Waals surface area contributed by atoms with Gasteiger partial charge < -0.3 is 10.6 Å². The first kappa shape index (κ1) is 21.3. The van der Waals surface area contributed by atoms with Crippen LogP contribution in [0, 0.1) is 5.82 Å². The van der Waals surface area contributed by atoms with Gasteiger partial charge >= 0.3 is 0 Å². The molecule has 2 aromatic carbocycles. The van der Waals surface area contributed by atoms with E-state index in [1.54, 1.807) is 19.2 Å². The van der Waals surface area contributed by atoms with E-state index in [-0.39, 0.29) is 17.0 Å². The van der Waals surface area contributed by atoms with Gasteiger partial charge in [-0.2, -0.15) is 0 Å². The number of benzene rings is 2. The van der Waals surface area contributed by atoms with E-state index >= 15 is 0 Å². The average molecular weight is 419 g/mol. The van der Waals surface area contributed by atoms with Crippen molar-refractivity contribution in [2.75, 3.05) is 20.6 Å². The SMILES string of the molecule is CN=C(NCc1cccc(CS(=O)(=O)NC)c1)NCC1(c2ccccc2F)CC1. The van der Waals surface area contributed by atoms with Gasteiger partial charge in [-0.25, -0.2) is 17.5 Å². The molecule has 2 aromatic rings. The highest BCUT2D eigenvalue weighted by atomic mass is 32.2. The molecule has 0 heterocycles. The number of nitrogens with zero attached hydrogens (tertiary/aromatic N) is 1. The topological polar surface area (TPSA) is 82.6 Å². The van der Waals surface area contributed by atoms with E-state index in [1.165, 1.54) is 13.1 Å². The van der Waals surface area contributed by atoms with Gasteiger partial charge in [0.15, 0.2) is 5.96 Å². The molecule has 1 saturated carbocycles. The van der Waals surface area contributed by atoms with Crippen LogP contribution in [0.5, 0.6) is 0 Å². The molecular formula is C21H27FN4O2S. The zero-order chi connectivity index (χ0) is 20.9. The molecule has 6 nitrogen and oxygen atoms in total. The fourth-order valence-electron chi connectivity index (χ4n) is 3.36. The smallest absolute Gasteiger partial charge is 0.215 e. The van der Waals surface area contributed by atoms with Gasteiger partial charge in [-0.1, -0.05) is 42.5 Å². The van der Waals surface area contributed by atoms with Crippen LogP contribution in [0.4, 0.5) is 4.39 Å². The summed E-state index contributed by atoms with van der Waals surface area (Å²) in [6.07, 6.45) is 1.89. The molecule has 8 heteroatoms. The summed E-state index contributed by atoms with van der Waals surface area (Å²) < 4.78 is 40.0. The number of sulfonamides is 1. The van der Waals surface area contributed by atoms with Crippen LogP contribution in [-0.2, 0) is 27.7 Å². The van der Waals surface area contributed by atoms with Crippen molar-refractivity contribution in [3.63, 3.8) is 0 Å². The number of guanidine groups is 1. The first-order valence-corrected chi connectivity index (χ1v) is 11.2. The summed E-state index contributed by atoms with van der Waals surface area (Å²) in [4.78, 5) is 4.24. The monoisotopic (exact) mass is 418 g/mol. The summed E-state index contributed by atoms with van der Waals surface area (Å²) in [5, 5.41) is 6.53. The van der Waals surface area contributed by atoms with Crippen LogP contribution in [0.25, 0.3) is 0 Å². The molecular weight excluding hydrogens is 391 g/mol. The van der Waals surface area contributed by atoms with Crippen LogP contribution in [0.2, 0.25) is 0 Å². The zero-order valence-corrected chi connectivity index (χ0v) is 17.5. The molecule has 0 atom stereocenters. The summed E-state index contributed by atoms with van der Waals surface area (Å²) in [5.74, 6) is 0.402. The average Bonchev–Trinajstić information content (AvgIpc) is 3.49. The molecule has 0 saturated heterocycles. The molecule has 0 radical (unpaired) electrons. The van der Waals surface area contributed by atoms with Crippen LogP contribution >= 0.6 is 0 Å². The minimum Gasteiger partial charge on any atom is -0.356 e. The third kappa shape index (κ3) is 5.55. The Kier molecular flexibility index (Phi) is 6.54. The predicted molar refractivity (Wildman–Crippen MR) is 114 cm³/mol. The molecule has 156 valence electrons. The summed E-state index contributed by atoms with van der Waals surface area (Å²) in [7, 11) is -0.215. The van der Waals surface area contributed by atoms with Crippen molar-refractivity contribution in [3.05, 3.63) is 71.0 Å². The number of rotatable bonds is 8. The predicted octanol–water partition coefficient (Wildman–Crippen LogP) is 2.27. The summed E-state index contributed by atoms with van der Waals surface area (Å²) in [6.45, 7) is 1.11. The molecule has 0 unspecified atom stereocenters. The first-order chi connectivity index (χ1) is 13.9. The van der Waals surface area contributed by atoms with Crippen LogP contribution in [0.15, 0.2) is 53.5 Å². The molecule has 0 spiro atoms. The van der Waals surface area contributed by atoms with Gasteiger partial charge in [0, 0.05) is 25.6 Å². The van der Waals surface area contributed by atoms with Crippen molar-refractivity contribution in [2.24, 2.45) is 4.99 Å². The van der Waals surface area contributed by atoms with Gasteiger partial charge in [0.2, 0.25) is 10.0 Å². The molecule has 0 amide bonds. The van der Waals surface area contributed by atoms with Crippen LogP contribution in [0.1, 0.15) is 29.5 Å². The third-order valence-electron chi connectivity index (χ3n) is 5.24. The highest BCUT2D eigenvalue weighted by Gasteiger charge is 2.45. The Balaban J connectivity index is 1.57. The van der Waals surface area contributed by atoms with Gasteiger partial charge in [-0.05, 0) is 42.6 Å². The number of hydrogen-bond acceptors (Lipinski definition) is 3. The van der Waals surface area contributed by atoms with Crippen LogP contribution in [0.3, 0.4) is 0 Å². The Morgan fingerprint density at radius 1 is 1.10 bits per heavy atom. The standard InChI is InChI=1S/C21H27FN4O2S/c1-23-20(26-15-21(10-11-21)18-8-3-4-9-19(18)22)25-13-16-6-5-7-17(12-16)14-29(27,28)24-2/h3-9,12,24H,10-11,13-15H2,1-2H3,(H2,23,25,26). The minimum absolute atomic E-state index is 0.0600. The van der Waals surface area contributed by atoms with E-state index < -0.39 is 10.0 Å². The van der Waals surface area contributed by atoms with Crippen molar-refractivity contribution in [2.45, 2.75) is 30.6 Å². The lowest BCUT2D eigenvalue weighted by Crippen LogP contribution is -2.41. The molecule has 0 bridgehead atoms. The largest absolute Gasteiger partial charge is 0.356 e. The van der Waals surface area contributed by atoms with E-state index in [1.807, 2.05) is 30.3 Å².